The minimum Gasteiger partial charge on any atom is -0.328 e. The average molecular weight is 255 g/mol. The maximum atomic E-state index is 5.88. The van der Waals surface area contributed by atoms with E-state index in [1.807, 2.05) is 6.20 Å². The molecule has 1 atom stereocenters. The first-order chi connectivity index (χ1) is 7.77. The van der Waals surface area contributed by atoms with Gasteiger partial charge in [0.25, 0.3) is 0 Å². The van der Waals surface area contributed by atoms with Crippen molar-refractivity contribution in [3.63, 3.8) is 0 Å². The van der Waals surface area contributed by atoms with E-state index in [0.717, 1.165) is 25.8 Å². The molecule has 1 aromatic heterocycles. The summed E-state index contributed by atoms with van der Waals surface area (Å²) in [7, 11) is 0. The molecule has 3 nitrogen and oxygen atoms in total. The number of hydrogen-bond acceptors (Lipinski definition) is 3. The third-order valence-corrected chi connectivity index (χ3v) is 2.62. The van der Waals surface area contributed by atoms with Gasteiger partial charge in [0, 0.05) is 23.0 Å². The summed E-state index contributed by atoms with van der Waals surface area (Å²) in [5.74, 6) is 0. The van der Waals surface area contributed by atoms with Crippen molar-refractivity contribution in [2.45, 2.75) is 64.3 Å². The van der Waals surface area contributed by atoms with Crippen LogP contribution in [0.4, 0.5) is 0 Å². The van der Waals surface area contributed by atoms with Crippen LogP contribution in [0.3, 0.4) is 0 Å². The van der Waals surface area contributed by atoms with E-state index < -0.39 is 0 Å². The Morgan fingerprint density at radius 1 is 1.41 bits per heavy atom. The Kier molecular flexibility index (Phi) is 5.07. The fraction of sp³-hybridized carbons (Fsp3) is 0.769. The standard InChI is InChI=1S/C9H15N3.C4H10S/c1-7-6-11-12-5-4-8(10)2-3-9(7)12;1-4(2,3)5/h6,8H,2-5,10H2,1H3;5H,1-3H3. The van der Waals surface area contributed by atoms with Crippen molar-refractivity contribution < 1.29 is 0 Å². The molecule has 1 aliphatic rings. The van der Waals surface area contributed by atoms with Crippen molar-refractivity contribution in [3.8, 4) is 0 Å². The molecule has 0 aromatic carbocycles. The molecule has 0 spiro atoms. The van der Waals surface area contributed by atoms with Crippen LogP contribution in [0.15, 0.2) is 6.20 Å². The van der Waals surface area contributed by atoms with Crippen molar-refractivity contribution >= 4 is 12.6 Å². The molecule has 2 N–H and O–H groups in total. The summed E-state index contributed by atoms with van der Waals surface area (Å²) in [6.45, 7) is 9.27. The van der Waals surface area contributed by atoms with Gasteiger partial charge < -0.3 is 5.73 Å². The maximum Gasteiger partial charge on any atom is 0.0521 e. The van der Waals surface area contributed by atoms with E-state index in [-0.39, 0.29) is 4.75 Å². The summed E-state index contributed by atoms with van der Waals surface area (Å²) in [5, 5.41) is 4.31. The second-order valence-electron chi connectivity index (χ2n) is 5.76. The van der Waals surface area contributed by atoms with Crippen LogP contribution in [0.1, 0.15) is 44.9 Å². The SMILES string of the molecule is CC(C)(C)S.Cc1cnn2c1CCC(N)CC2. The molecular weight excluding hydrogens is 230 g/mol. The zero-order chi connectivity index (χ0) is 13.1. The van der Waals surface area contributed by atoms with Gasteiger partial charge in [-0.25, -0.2) is 0 Å². The zero-order valence-electron chi connectivity index (χ0n) is 11.4. The molecule has 0 saturated heterocycles. The summed E-state index contributed by atoms with van der Waals surface area (Å²) in [4.78, 5) is 0. The molecular formula is C13H25N3S. The van der Waals surface area contributed by atoms with Crippen molar-refractivity contribution in [2.75, 3.05) is 0 Å². The van der Waals surface area contributed by atoms with Crippen LogP contribution < -0.4 is 5.73 Å². The molecule has 1 aromatic rings. The Hall–Kier alpha value is -0.480. The van der Waals surface area contributed by atoms with Gasteiger partial charge in [-0.05, 0) is 31.7 Å². The highest BCUT2D eigenvalue weighted by atomic mass is 32.1. The lowest BCUT2D eigenvalue weighted by Crippen LogP contribution is -2.20. The Labute approximate surface area is 110 Å². The molecule has 1 unspecified atom stereocenters. The van der Waals surface area contributed by atoms with Crippen molar-refractivity contribution in [2.24, 2.45) is 5.73 Å². The molecule has 17 heavy (non-hydrogen) atoms. The number of nitrogens with two attached hydrogens (primary N) is 1. The summed E-state index contributed by atoms with van der Waals surface area (Å²) < 4.78 is 2.29. The summed E-state index contributed by atoms with van der Waals surface area (Å²) in [6, 6.07) is 0.367. The third-order valence-electron chi connectivity index (χ3n) is 2.62. The Morgan fingerprint density at radius 3 is 2.59 bits per heavy atom. The fourth-order valence-electron chi connectivity index (χ4n) is 1.78. The van der Waals surface area contributed by atoms with Gasteiger partial charge >= 0.3 is 0 Å². The van der Waals surface area contributed by atoms with Crippen LogP contribution in [0, 0.1) is 6.92 Å². The van der Waals surface area contributed by atoms with E-state index in [1.165, 1.54) is 11.3 Å². The number of nitrogens with zero attached hydrogens (tertiary/aromatic N) is 2. The van der Waals surface area contributed by atoms with Gasteiger partial charge in [-0.3, -0.25) is 4.68 Å². The first kappa shape index (κ1) is 14.6. The van der Waals surface area contributed by atoms with Crippen LogP contribution in [0.25, 0.3) is 0 Å². The highest BCUT2D eigenvalue weighted by molar-refractivity contribution is 7.81. The predicted molar refractivity (Wildman–Crippen MR) is 76.6 cm³/mol. The lowest BCUT2D eigenvalue weighted by atomic mass is 10.1. The Morgan fingerprint density at radius 2 is 2.00 bits per heavy atom. The van der Waals surface area contributed by atoms with E-state index >= 15 is 0 Å². The first-order valence-corrected chi connectivity index (χ1v) is 6.71. The monoisotopic (exact) mass is 255 g/mol. The van der Waals surface area contributed by atoms with Gasteiger partial charge in [0.05, 0.1) is 6.20 Å². The first-order valence-electron chi connectivity index (χ1n) is 6.26. The van der Waals surface area contributed by atoms with Gasteiger partial charge in [0.2, 0.25) is 0 Å². The number of thiol groups is 1. The van der Waals surface area contributed by atoms with Gasteiger partial charge in [-0.15, -0.1) is 0 Å². The second-order valence-corrected chi connectivity index (χ2v) is 7.10. The van der Waals surface area contributed by atoms with Crippen LogP contribution in [-0.2, 0) is 13.0 Å². The fourth-order valence-corrected chi connectivity index (χ4v) is 1.78. The predicted octanol–water partition coefficient (Wildman–Crippen LogP) is 2.57. The van der Waals surface area contributed by atoms with E-state index in [4.69, 9.17) is 5.73 Å². The molecule has 0 fully saturated rings. The van der Waals surface area contributed by atoms with Crippen LogP contribution in [0.2, 0.25) is 0 Å². The molecule has 0 saturated carbocycles. The normalized spacial score (nSPS) is 20.0. The molecule has 0 bridgehead atoms. The number of fused-ring (bicyclic) bond motifs is 1. The van der Waals surface area contributed by atoms with Crippen molar-refractivity contribution in [1.82, 2.24) is 9.78 Å². The molecule has 2 heterocycles. The van der Waals surface area contributed by atoms with Gasteiger partial charge in [0.15, 0.2) is 0 Å². The lowest BCUT2D eigenvalue weighted by molar-refractivity contribution is 0.527. The molecule has 4 heteroatoms. The number of hydrogen-bond donors (Lipinski definition) is 2. The number of rotatable bonds is 0. The van der Waals surface area contributed by atoms with E-state index in [1.54, 1.807) is 0 Å². The number of aromatic nitrogens is 2. The Balaban J connectivity index is 0.000000249. The molecule has 98 valence electrons. The molecule has 1 aliphatic heterocycles. The summed E-state index contributed by atoms with van der Waals surface area (Å²) in [5.41, 5.74) is 8.57. The molecule has 2 rings (SSSR count). The van der Waals surface area contributed by atoms with Crippen molar-refractivity contribution in [1.29, 1.82) is 0 Å². The third kappa shape index (κ3) is 5.59. The van der Waals surface area contributed by atoms with E-state index in [2.05, 4.69) is 50.1 Å². The van der Waals surface area contributed by atoms with Crippen LogP contribution in [-0.4, -0.2) is 20.6 Å². The highest BCUT2D eigenvalue weighted by Crippen LogP contribution is 2.16. The molecule has 0 radical (unpaired) electrons. The second kappa shape index (κ2) is 5.91. The van der Waals surface area contributed by atoms with Gasteiger partial charge in [-0.2, -0.15) is 17.7 Å². The lowest BCUT2D eigenvalue weighted by Gasteiger charge is -2.04. The summed E-state index contributed by atoms with van der Waals surface area (Å²) in [6.07, 6.45) is 5.21. The largest absolute Gasteiger partial charge is 0.328 e. The Bertz CT molecular complexity index is 346. The highest BCUT2D eigenvalue weighted by Gasteiger charge is 2.14. The topological polar surface area (TPSA) is 43.8 Å². The van der Waals surface area contributed by atoms with Gasteiger partial charge in [-0.1, -0.05) is 20.8 Å². The average Bonchev–Trinajstić information content (AvgIpc) is 2.39. The summed E-state index contributed by atoms with van der Waals surface area (Å²) >= 11 is 4.12. The smallest absolute Gasteiger partial charge is 0.0521 e. The molecule has 0 amide bonds. The molecule has 0 aliphatic carbocycles. The zero-order valence-corrected chi connectivity index (χ0v) is 12.3. The van der Waals surface area contributed by atoms with Crippen LogP contribution in [0.5, 0.6) is 0 Å². The van der Waals surface area contributed by atoms with E-state index in [9.17, 15) is 0 Å². The van der Waals surface area contributed by atoms with E-state index in [0.29, 0.717) is 6.04 Å². The van der Waals surface area contributed by atoms with Crippen LogP contribution >= 0.6 is 12.6 Å². The quantitative estimate of drug-likeness (QED) is 0.700. The number of aryl methyl sites for hydroxylation is 2. The minimum absolute atomic E-state index is 0.194. The van der Waals surface area contributed by atoms with Gasteiger partial charge in [0.1, 0.15) is 0 Å². The maximum absolute atomic E-state index is 5.88. The minimum atomic E-state index is 0.194. The van der Waals surface area contributed by atoms with Crippen molar-refractivity contribution in [3.05, 3.63) is 17.5 Å².